The number of hydrogen-bond acceptors (Lipinski definition) is 4. The zero-order chi connectivity index (χ0) is 7.45. The summed E-state index contributed by atoms with van der Waals surface area (Å²) in [5.41, 5.74) is 0.240. The van der Waals surface area contributed by atoms with E-state index in [1.165, 1.54) is 0 Å². The first-order valence-corrected chi connectivity index (χ1v) is 3.80. The van der Waals surface area contributed by atoms with Gasteiger partial charge in [-0.25, -0.2) is 0 Å². The van der Waals surface area contributed by atoms with Gasteiger partial charge in [0, 0.05) is 39.3 Å². The van der Waals surface area contributed by atoms with E-state index in [0.717, 1.165) is 26.3 Å². The fourth-order valence-corrected chi connectivity index (χ4v) is 1.33. The summed E-state index contributed by atoms with van der Waals surface area (Å²) < 4.78 is 5.14. The van der Waals surface area contributed by atoms with Crippen molar-refractivity contribution in [1.82, 2.24) is 10.6 Å². The van der Waals surface area contributed by atoms with Gasteiger partial charge in [-0.15, -0.1) is 0 Å². The summed E-state index contributed by atoms with van der Waals surface area (Å²) in [6, 6.07) is 0. The number of hydrogen-bond donors (Lipinski definition) is 2. The molecule has 0 spiro atoms. The third kappa shape index (κ3) is 5.70. The number of thiol groups is 1. The van der Waals surface area contributed by atoms with E-state index in [9.17, 15) is 0 Å². The monoisotopic (exact) mass is 281 g/mol. The Hall–Kier alpha value is 1.33. The molecule has 79 valence electrons. The molecule has 1 aliphatic heterocycles. The Morgan fingerprint density at radius 2 is 1.92 bits per heavy atom. The van der Waals surface area contributed by atoms with Gasteiger partial charge >= 0.3 is 0 Å². The first kappa shape index (κ1) is 19.8. The smallest absolute Gasteiger partial charge is 0.0779 e. The number of likely N-dealkylation sites (N-methyl/N-ethyl adjacent to an activating group) is 2. The molecule has 1 radical (unpaired) electrons. The van der Waals surface area contributed by atoms with Gasteiger partial charge in [-0.05, 0) is 13.6 Å². The van der Waals surface area contributed by atoms with Crippen LogP contribution in [0.3, 0.4) is 0 Å². The van der Waals surface area contributed by atoms with E-state index in [2.05, 4.69) is 17.6 Å². The van der Waals surface area contributed by atoms with Crippen LogP contribution >= 0.6 is 0 Å². The maximum absolute atomic E-state index is 5.14. The van der Waals surface area contributed by atoms with Crippen molar-refractivity contribution in [2.24, 2.45) is 0 Å². The van der Waals surface area contributed by atoms with Crippen molar-refractivity contribution in [3.05, 3.63) is 7.43 Å². The molecule has 0 aliphatic carbocycles. The predicted octanol–water partition coefficient (Wildman–Crippen LogP) is -0.238. The molecule has 1 saturated heterocycles. The second-order valence-corrected chi connectivity index (χ2v) is 2.83. The third-order valence-corrected chi connectivity index (χ3v) is 1.82. The fraction of sp³-hybridized carbons (Fsp3) is 0.875. The van der Waals surface area contributed by atoms with Crippen LogP contribution in [0.1, 0.15) is 6.92 Å². The Morgan fingerprint density at radius 1 is 1.38 bits per heavy atom. The Morgan fingerprint density at radius 3 is 2.15 bits per heavy atom. The first-order chi connectivity index (χ1) is 4.83. The summed E-state index contributed by atoms with van der Waals surface area (Å²) in [5, 5.41) is 6.56. The second kappa shape index (κ2) is 9.87. The molecular weight excluding hydrogens is 261 g/mol. The molecule has 1 heterocycles. The van der Waals surface area contributed by atoms with Crippen LogP contribution in [0.15, 0.2) is 0 Å². The van der Waals surface area contributed by atoms with Crippen molar-refractivity contribution in [2.45, 2.75) is 12.5 Å². The molecule has 0 aromatic heterocycles. The molecule has 1 rings (SSSR count). The molecule has 0 atom stereocenters. The van der Waals surface area contributed by atoms with E-state index in [-0.39, 0.29) is 59.2 Å². The summed E-state index contributed by atoms with van der Waals surface area (Å²) in [4.78, 5) is 0. The molecule has 0 aromatic carbocycles. The van der Waals surface area contributed by atoms with Crippen LogP contribution in [-0.2, 0) is 50.9 Å². The van der Waals surface area contributed by atoms with Crippen LogP contribution in [0.25, 0.3) is 0 Å². The zero-order valence-corrected chi connectivity index (χ0v) is 12.5. The summed E-state index contributed by atoms with van der Waals surface area (Å²) in [5.74, 6) is 0. The van der Waals surface area contributed by atoms with Crippen molar-refractivity contribution >= 4 is 13.5 Å². The van der Waals surface area contributed by atoms with Gasteiger partial charge in [-0.3, -0.25) is 0 Å². The molecule has 3 nitrogen and oxygen atoms in total. The van der Waals surface area contributed by atoms with Crippen LogP contribution in [0, 0.1) is 7.43 Å². The van der Waals surface area contributed by atoms with E-state index in [4.69, 9.17) is 4.74 Å². The molecule has 0 aromatic rings. The Balaban J connectivity index is -0.000000333. The minimum atomic E-state index is 0. The van der Waals surface area contributed by atoms with E-state index in [1.807, 2.05) is 7.05 Å². The molecular formula is C8H20N2OSY-2. The summed E-state index contributed by atoms with van der Waals surface area (Å²) in [6.45, 7) is 5.84. The predicted molar refractivity (Wildman–Crippen MR) is 56.3 cm³/mol. The van der Waals surface area contributed by atoms with Crippen LogP contribution < -0.4 is 10.6 Å². The zero-order valence-electron chi connectivity index (χ0n) is 8.76. The SMILES string of the molecule is CCNC1(CNC)COC1.[CH3-].[SH-].[Y]. The van der Waals surface area contributed by atoms with Crippen molar-refractivity contribution in [1.29, 1.82) is 0 Å². The summed E-state index contributed by atoms with van der Waals surface area (Å²) in [7, 11) is 1.97. The molecule has 0 amide bonds. The van der Waals surface area contributed by atoms with Gasteiger partial charge in [0.05, 0.1) is 18.8 Å². The molecule has 2 N–H and O–H groups in total. The van der Waals surface area contributed by atoms with E-state index >= 15 is 0 Å². The van der Waals surface area contributed by atoms with Crippen LogP contribution in [0.4, 0.5) is 0 Å². The molecule has 0 saturated carbocycles. The van der Waals surface area contributed by atoms with Crippen molar-refractivity contribution in [3.63, 3.8) is 0 Å². The van der Waals surface area contributed by atoms with Crippen molar-refractivity contribution < 1.29 is 37.4 Å². The first-order valence-electron chi connectivity index (χ1n) is 3.80. The van der Waals surface area contributed by atoms with Crippen LogP contribution in [-0.4, -0.2) is 38.9 Å². The quantitative estimate of drug-likeness (QED) is 0.423. The number of rotatable bonds is 4. The standard InChI is InChI=1S/C7H16N2O.CH3.H2S.Y/c1-3-9-7(4-8-2)5-10-6-7;;;/h8-9H,3-6H2,1-2H3;1H3;1H2;/q;-1;;/p-1. The van der Waals surface area contributed by atoms with Gasteiger partial charge in [-0.1, -0.05) is 6.92 Å². The maximum Gasteiger partial charge on any atom is 0.0779 e. The molecule has 13 heavy (non-hydrogen) atoms. The number of ether oxygens (including phenoxy) is 1. The molecule has 1 aliphatic rings. The Kier molecular flexibility index (Phi) is 15.1. The molecule has 1 fully saturated rings. The fourth-order valence-electron chi connectivity index (χ4n) is 1.33. The van der Waals surface area contributed by atoms with Crippen molar-refractivity contribution in [2.75, 3.05) is 33.4 Å². The molecule has 0 bridgehead atoms. The van der Waals surface area contributed by atoms with Gasteiger partial charge in [0.2, 0.25) is 0 Å². The van der Waals surface area contributed by atoms with Gasteiger partial charge in [0.25, 0.3) is 0 Å². The van der Waals surface area contributed by atoms with E-state index in [0.29, 0.717) is 0 Å². The summed E-state index contributed by atoms with van der Waals surface area (Å²) in [6.07, 6.45) is 0. The van der Waals surface area contributed by atoms with Crippen LogP contribution in [0.2, 0.25) is 0 Å². The van der Waals surface area contributed by atoms with Gasteiger partial charge in [-0.2, -0.15) is 0 Å². The van der Waals surface area contributed by atoms with Crippen molar-refractivity contribution in [3.8, 4) is 0 Å². The topological polar surface area (TPSA) is 33.3 Å². The average Bonchev–Trinajstić information content (AvgIpc) is 1.84. The second-order valence-electron chi connectivity index (χ2n) is 2.83. The van der Waals surface area contributed by atoms with Crippen LogP contribution in [0.5, 0.6) is 0 Å². The van der Waals surface area contributed by atoms with E-state index < -0.39 is 0 Å². The van der Waals surface area contributed by atoms with Gasteiger partial charge in [0.1, 0.15) is 0 Å². The minimum absolute atomic E-state index is 0. The average molecular weight is 281 g/mol. The number of nitrogens with one attached hydrogen (secondary N) is 2. The largest absolute Gasteiger partial charge is 0.813 e. The summed E-state index contributed by atoms with van der Waals surface area (Å²) >= 11 is 0. The Bertz CT molecular complexity index is 104. The van der Waals surface area contributed by atoms with E-state index in [1.54, 1.807) is 0 Å². The minimum Gasteiger partial charge on any atom is -0.813 e. The molecule has 5 heteroatoms. The third-order valence-electron chi connectivity index (χ3n) is 1.82. The normalized spacial score (nSPS) is 17.1. The maximum atomic E-state index is 5.14. The van der Waals surface area contributed by atoms with Gasteiger partial charge < -0.3 is 36.3 Å². The molecule has 0 unspecified atom stereocenters. The Labute approximate surface area is 114 Å². The van der Waals surface area contributed by atoms with Gasteiger partial charge in [0.15, 0.2) is 0 Å².